The van der Waals surface area contributed by atoms with E-state index < -0.39 is 17.3 Å². The Morgan fingerprint density at radius 2 is 2.00 bits per heavy atom. The lowest BCUT2D eigenvalue weighted by atomic mass is 10.0. The van der Waals surface area contributed by atoms with Crippen LogP contribution in [0.15, 0.2) is 39.5 Å². The van der Waals surface area contributed by atoms with Crippen molar-refractivity contribution in [3.63, 3.8) is 0 Å². The lowest BCUT2D eigenvalue weighted by Crippen LogP contribution is -2.20. The van der Waals surface area contributed by atoms with E-state index in [4.69, 9.17) is 16.0 Å². The van der Waals surface area contributed by atoms with E-state index in [9.17, 15) is 24.2 Å². The van der Waals surface area contributed by atoms with Gasteiger partial charge in [0.15, 0.2) is 0 Å². The Kier molecular flexibility index (Phi) is 4.56. The SMILES string of the molecule is Cc1c(CC(=O)Nc2ccc(F)c(Cl)c2)c(=O)oc2cc(O)cc(O)c12. The number of nitrogens with one attached hydrogen (secondary N) is 1. The van der Waals surface area contributed by atoms with Crippen molar-refractivity contribution in [2.75, 3.05) is 5.32 Å². The van der Waals surface area contributed by atoms with Gasteiger partial charge < -0.3 is 19.9 Å². The zero-order chi connectivity index (χ0) is 19.0. The molecule has 0 spiro atoms. The molecular formula is C18H13ClFNO5. The summed E-state index contributed by atoms with van der Waals surface area (Å²) in [4.78, 5) is 24.4. The number of halogens is 2. The first-order valence-electron chi connectivity index (χ1n) is 7.49. The van der Waals surface area contributed by atoms with Crippen molar-refractivity contribution < 1.29 is 23.8 Å². The zero-order valence-corrected chi connectivity index (χ0v) is 14.2. The van der Waals surface area contributed by atoms with Crippen LogP contribution in [0.4, 0.5) is 10.1 Å². The minimum absolute atomic E-state index is 0.0134. The molecule has 0 radical (unpaired) electrons. The summed E-state index contributed by atoms with van der Waals surface area (Å²) < 4.78 is 18.3. The predicted octanol–water partition coefficient (Wildman–Crippen LogP) is 3.49. The fraction of sp³-hybridized carbons (Fsp3) is 0.111. The van der Waals surface area contributed by atoms with Crippen LogP contribution in [-0.4, -0.2) is 16.1 Å². The van der Waals surface area contributed by atoms with Gasteiger partial charge >= 0.3 is 5.63 Å². The third-order valence-electron chi connectivity index (χ3n) is 3.88. The van der Waals surface area contributed by atoms with Crippen LogP contribution in [0.25, 0.3) is 11.0 Å². The van der Waals surface area contributed by atoms with Gasteiger partial charge in [0.25, 0.3) is 0 Å². The highest BCUT2D eigenvalue weighted by molar-refractivity contribution is 6.31. The van der Waals surface area contributed by atoms with Gasteiger partial charge in [-0.25, -0.2) is 9.18 Å². The maximum absolute atomic E-state index is 13.2. The normalized spacial score (nSPS) is 10.9. The largest absolute Gasteiger partial charge is 0.508 e. The predicted molar refractivity (Wildman–Crippen MR) is 94.3 cm³/mol. The number of rotatable bonds is 3. The minimum atomic E-state index is -0.757. The Morgan fingerprint density at radius 1 is 1.27 bits per heavy atom. The molecule has 0 saturated carbocycles. The second-order valence-corrected chi connectivity index (χ2v) is 6.09. The standard InChI is InChI=1S/C18H13ClFNO5/c1-8-11(7-16(24)21-9-2-3-13(20)12(19)4-9)18(25)26-15-6-10(22)5-14(23)17(8)15/h2-6,22-23H,7H2,1H3,(H,21,24). The molecule has 8 heteroatoms. The van der Waals surface area contributed by atoms with Crippen molar-refractivity contribution in [1.29, 1.82) is 0 Å². The summed E-state index contributed by atoms with van der Waals surface area (Å²) in [7, 11) is 0. The molecule has 0 saturated heterocycles. The van der Waals surface area contributed by atoms with E-state index in [1.165, 1.54) is 18.2 Å². The lowest BCUT2D eigenvalue weighted by Gasteiger charge is -2.10. The average Bonchev–Trinajstić information content (AvgIpc) is 2.54. The van der Waals surface area contributed by atoms with Gasteiger partial charge in [-0.15, -0.1) is 0 Å². The number of aryl methyl sites for hydroxylation is 1. The van der Waals surface area contributed by atoms with Crippen LogP contribution in [0.2, 0.25) is 5.02 Å². The van der Waals surface area contributed by atoms with Crippen molar-refractivity contribution in [2.24, 2.45) is 0 Å². The quantitative estimate of drug-likeness (QED) is 0.607. The van der Waals surface area contributed by atoms with Crippen LogP contribution in [-0.2, 0) is 11.2 Å². The van der Waals surface area contributed by atoms with Gasteiger partial charge in [0, 0.05) is 17.8 Å². The summed E-state index contributed by atoms with van der Waals surface area (Å²) >= 11 is 5.66. The number of carbonyl (C=O) groups is 1. The maximum Gasteiger partial charge on any atom is 0.340 e. The monoisotopic (exact) mass is 377 g/mol. The number of hydrogen-bond acceptors (Lipinski definition) is 5. The summed E-state index contributed by atoms with van der Waals surface area (Å²) in [6.07, 6.45) is -0.320. The molecule has 1 aromatic heterocycles. The molecule has 6 nitrogen and oxygen atoms in total. The van der Waals surface area contributed by atoms with Crippen LogP contribution in [0.3, 0.4) is 0 Å². The van der Waals surface area contributed by atoms with Crippen LogP contribution in [0.1, 0.15) is 11.1 Å². The first-order chi connectivity index (χ1) is 12.3. The summed E-state index contributed by atoms with van der Waals surface area (Å²) in [5.74, 6) is -1.68. The van der Waals surface area contributed by atoms with Crippen LogP contribution in [0.5, 0.6) is 11.5 Å². The Hall–Kier alpha value is -3.06. The van der Waals surface area contributed by atoms with Crippen LogP contribution >= 0.6 is 11.6 Å². The highest BCUT2D eigenvalue weighted by atomic mass is 35.5. The van der Waals surface area contributed by atoms with Gasteiger partial charge in [-0.2, -0.15) is 0 Å². The molecule has 0 bridgehead atoms. The molecule has 3 aromatic rings. The molecule has 0 unspecified atom stereocenters. The highest BCUT2D eigenvalue weighted by Gasteiger charge is 2.18. The number of anilines is 1. The Balaban J connectivity index is 1.94. The van der Waals surface area contributed by atoms with Gasteiger partial charge in [0.2, 0.25) is 5.91 Å². The molecule has 0 fully saturated rings. The van der Waals surface area contributed by atoms with Gasteiger partial charge in [-0.1, -0.05) is 11.6 Å². The number of carbonyl (C=O) groups excluding carboxylic acids is 1. The minimum Gasteiger partial charge on any atom is -0.508 e. The van der Waals surface area contributed by atoms with Crippen LogP contribution < -0.4 is 10.9 Å². The van der Waals surface area contributed by atoms with E-state index in [2.05, 4.69) is 5.32 Å². The van der Waals surface area contributed by atoms with Crippen molar-refractivity contribution in [1.82, 2.24) is 0 Å². The van der Waals surface area contributed by atoms with E-state index in [0.717, 1.165) is 12.1 Å². The summed E-state index contributed by atoms with van der Waals surface area (Å²) in [6.45, 7) is 1.56. The first-order valence-corrected chi connectivity index (χ1v) is 7.87. The fourth-order valence-corrected chi connectivity index (χ4v) is 2.83. The van der Waals surface area contributed by atoms with Crippen molar-refractivity contribution in [3.05, 3.63) is 62.7 Å². The second kappa shape index (κ2) is 6.68. The molecule has 1 heterocycles. The van der Waals surface area contributed by atoms with Crippen LogP contribution in [0, 0.1) is 12.7 Å². The Morgan fingerprint density at radius 3 is 2.69 bits per heavy atom. The number of aromatic hydroxyl groups is 2. The molecule has 134 valence electrons. The average molecular weight is 378 g/mol. The molecule has 0 atom stereocenters. The third kappa shape index (κ3) is 3.34. The first kappa shape index (κ1) is 17.8. The van der Waals surface area contributed by atoms with E-state index in [1.54, 1.807) is 6.92 Å². The maximum atomic E-state index is 13.2. The Labute approximate surface area is 151 Å². The highest BCUT2D eigenvalue weighted by Crippen LogP contribution is 2.32. The molecule has 0 aliphatic heterocycles. The topological polar surface area (TPSA) is 99.8 Å². The van der Waals surface area contributed by atoms with Crippen molar-refractivity contribution >= 4 is 34.2 Å². The zero-order valence-electron chi connectivity index (χ0n) is 13.5. The van der Waals surface area contributed by atoms with E-state index in [1.807, 2.05) is 0 Å². The lowest BCUT2D eigenvalue weighted by molar-refractivity contribution is -0.115. The number of fused-ring (bicyclic) bond motifs is 1. The molecule has 1 amide bonds. The molecule has 2 aromatic carbocycles. The third-order valence-corrected chi connectivity index (χ3v) is 4.17. The number of benzene rings is 2. The molecule has 3 rings (SSSR count). The van der Waals surface area contributed by atoms with Gasteiger partial charge in [0.1, 0.15) is 22.9 Å². The van der Waals surface area contributed by atoms with Gasteiger partial charge in [0.05, 0.1) is 22.4 Å². The summed E-state index contributed by atoms with van der Waals surface area (Å²) in [6, 6.07) is 6.01. The molecule has 3 N–H and O–H groups in total. The number of hydrogen-bond donors (Lipinski definition) is 3. The van der Waals surface area contributed by atoms with E-state index >= 15 is 0 Å². The number of amides is 1. The number of phenolic OH excluding ortho intramolecular Hbond substituents is 2. The van der Waals surface area contributed by atoms with E-state index in [-0.39, 0.29) is 45.2 Å². The molecule has 26 heavy (non-hydrogen) atoms. The molecule has 0 aliphatic carbocycles. The van der Waals surface area contributed by atoms with Gasteiger partial charge in [-0.3, -0.25) is 4.79 Å². The fourth-order valence-electron chi connectivity index (χ4n) is 2.65. The number of phenols is 2. The summed E-state index contributed by atoms with van der Waals surface area (Å²) in [5, 5.41) is 22.1. The summed E-state index contributed by atoms with van der Waals surface area (Å²) in [5.41, 5.74) is -0.0472. The second-order valence-electron chi connectivity index (χ2n) is 5.68. The van der Waals surface area contributed by atoms with Crippen molar-refractivity contribution in [3.8, 4) is 11.5 Å². The smallest absolute Gasteiger partial charge is 0.340 e. The van der Waals surface area contributed by atoms with Gasteiger partial charge in [-0.05, 0) is 30.7 Å². The molecular weight excluding hydrogens is 365 g/mol. The molecule has 0 aliphatic rings. The van der Waals surface area contributed by atoms with E-state index in [0.29, 0.717) is 5.56 Å². The van der Waals surface area contributed by atoms with Crippen molar-refractivity contribution in [2.45, 2.75) is 13.3 Å². The Bertz CT molecular complexity index is 1090.